The first-order chi connectivity index (χ1) is 8.76. The normalized spacial score (nSPS) is 39.5. The van der Waals surface area contributed by atoms with E-state index in [1.807, 2.05) is 0 Å². The van der Waals surface area contributed by atoms with Crippen LogP contribution in [0.4, 0.5) is 0 Å². The van der Waals surface area contributed by atoms with Crippen molar-refractivity contribution < 1.29 is 4.74 Å². The minimum atomic E-state index is 0.312. The van der Waals surface area contributed by atoms with Crippen molar-refractivity contribution in [2.75, 3.05) is 6.54 Å². The van der Waals surface area contributed by atoms with E-state index in [1.54, 1.807) is 0 Å². The second-order valence-corrected chi connectivity index (χ2v) is 7.05. The van der Waals surface area contributed by atoms with Gasteiger partial charge in [-0.15, -0.1) is 0 Å². The lowest BCUT2D eigenvalue weighted by Gasteiger charge is -2.29. The van der Waals surface area contributed by atoms with Crippen LogP contribution < -0.4 is 5.32 Å². The summed E-state index contributed by atoms with van der Waals surface area (Å²) in [5.74, 6) is 0.918. The average Bonchev–Trinajstić information content (AvgIpc) is 2.98. The van der Waals surface area contributed by atoms with Crippen molar-refractivity contribution in [2.24, 2.45) is 5.92 Å². The van der Waals surface area contributed by atoms with Crippen molar-refractivity contribution in [1.82, 2.24) is 5.32 Å². The highest BCUT2D eigenvalue weighted by atomic mass is 16.5. The molecule has 3 rings (SSSR count). The zero-order valence-corrected chi connectivity index (χ0v) is 11.9. The van der Waals surface area contributed by atoms with Crippen LogP contribution in [0.25, 0.3) is 0 Å². The van der Waals surface area contributed by atoms with Crippen molar-refractivity contribution in [2.45, 2.75) is 88.9 Å². The third kappa shape index (κ3) is 2.91. The smallest absolute Gasteiger partial charge is 0.0708 e. The van der Waals surface area contributed by atoms with Crippen molar-refractivity contribution in [1.29, 1.82) is 0 Å². The van der Waals surface area contributed by atoms with Gasteiger partial charge < -0.3 is 10.1 Å². The molecule has 0 aromatic carbocycles. The maximum absolute atomic E-state index is 6.37. The Morgan fingerprint density at radius 3 is 2.67 bits per heavy atom. The maximum atomic E-state index is 6.37. The van der Waals surface area contributed by atoms with Crippen molar-refractivity contribution >= 4 is 0 Å². The molecule has 3 fully saturated rings. The Hall–Kier alpha value is -0.0800. The number of rotatable bonds is 3. The molecule has 1 saturated heterocycles. The highest BCUT2D eigenvalue weighted by Gasteiger charge is 2.42. The molecule has 18 heavy (non-hydrogen) atoms. The molecule has 3 atom stereocenters. The predicted molar refractivity (Wildman–Crippen MR) is 74.7 cm³/mol. The van der Waals surface area contributed by atoms with Gasteiger partial charge in [0.15, 0.2) is 0 Å². The van der Waals surface area contributed by atoms with Crippen LogP contribution in [-0.4, -0.2) is 24.3 Å². The lowest BCUT2D eigenvalue weighted by molar-refractivity contribution is -0.0363. The van der Waals surface area contributed by atoms with E-state index in [9.17, 15) is 0 Å². The van der Waals surface area contributed by atoms with Crippen molar-refractivity contribution in [3.8, 4) is 0 Å². The zero-order valence-electron chi connectivity index (χ0n) is 11.9. The van der Waals surface area contributed by atoms with Gasteiger partial charge in [0.2, 0.25) is 0 Å². The van der Waals surface area contributed by atoms with Gasteiger partial charge in [0.1, 0.15) is 0 Å². The molecule has 3 unspecified atom stereocenters. The molecule has 104 valence electrons. The Bertz CT molecular complexity index is 272. The third-order valence-corrected chi connectivity index (χ3v) is 5.42. The first kappa shape index (κ1) is 12.9. The van der Waals surface area contributed by atoms with Gasteiger partial charge >= 0.3 is 0 Å². The third-order valence-electron chi connectivity index (χ3n) is 5.42. The highest BCUT2D eigenvalue weighted by molar-refractivity contribution is 4.93. The minimum Gasteiger partial charge on any atom is -0.370 e. The fraction of sp³-hybridized carbons (Fsp3) is 1.00. The van der Waals surface area contributed by atoms with Crippen LogP contribution in [-0.2, 0) is 4.74 Å². The van der Waals surface area contributed by atoms with E-state index >= 15 is 0 Å². The Labute approximate surface area is 112 Å². The van der Waals surface area contributed by atoms with Crippen LogP contribution in [0.5, 0.6) is 0 Å². The van der Waals surface area contributed by atoms with E-state index in [4.69, 9.17) is 4.74 Å². The Balaban J connectivity index is 1.41. The monoisotopic (exact) mass is 251 g/mol. The van der Waals surface area contributed by atoms with E-state index < -0.39 is 0 Å². The van der Waals surface area contributed by atoms with Gasteiger partial charge in [0.25, 0.3) is 0 Å². The second kappa shape index (κ2) is 5.50. The molecule has 1 aliphatic heterocycles. The number of hydrogen-bond acceptors (Lipinski definition) is 2. The van der Waals surface area contributed by atoms with E-state index in [0.29, 0.717) is 11.7 Å². The molecule has 0 radical (unpaired) electrons. The van der Waals surface area contributed by atoms with Crippen LogP contribution in [0.2, 0.25) is 0 Å². The van der Waals surface area contributed by atoms with E-state index in [-0.39, 0.29) is 0 Å². The quantitative estimate of drug-likeness (QED) is 0.826. The van der Waals surface area contributed by atoms with Gasteiger partial charge in [0, 0.05) is 12.6 Å². The van der Waals surface area contributed by atoms with Gasteiger partial charge in [-0.2, -0.15) is 0 Å². The lowest BCUT2D eigenvalue weighted by Crippen LogP contribution is -2.39. The standard InChI is InChI=1S/C16H29NO/c1-13-5-4-6-14(11-13)17-12-15-7-10-16(18-15)8-2-3-9-16/h13-15,17H,2-12H2,1H3. The first-order valence-electron chi connectivity index (χ1n) is 8.17. The topological polar surface area (TPSA) is 21.3 Å². The lowest BCUT2D eigenvalue weighted by atomic mass is 9.87. The molecular weight excluding hydrogens is 222 g/mol. The molecule has 1 spiro atoms. The summed E-state index contributed by atoms with van der Waals surface area (Å²) in [6.07, 6.45) is 14.1. The molecule has 2 aliphatic carbocycles. The van der Waals surface area contributed by atoms with Gasteiger partial charge in [-0.05, 0) is 44.4 Å². The van der Waals surface area contributed by atoms with Crippen LogP contribution >= 0.6 is 0 Å². The zero-order chi connectivity index (χ0) is 12.4. The van der Waals surface area contributed by atoms with Crippen molar-refractivity contribution in [3.63, 3.8) is 0 Å². The van der Waals surface area contributed by atoms with E-state index in [1.165, 1.54) is 64.2 Å². The summed E-state index contributed by atoms with van der Waals surface area (Å²) >= 11 is 0. The molecule has 2 heteroatoms. The Kier molecular flexibility index (Phi) is 3.95. The summed E-state index contributed by atoms with van der Waals surface area (Å²) in [6, 6.07) is 0.762. The summed E-state index contributed by atoms with van der Waals surface area (Å²) in [5, 5.41) is 3.78. The molecule has 1 heterocycles. The van der Waals surface area contributed by atoms with E-state index in [0.717, 1.165) is 18.5 Å². The van der Waals surface area contributed by atoms with Crippen LogP contribution in [0.1, 0.15) is 71.1 Å². The molecule has 0 aromatic heterocycles. The van der Waals surface area contributed by atoms with Gasteiger partial charge in [-0.25, -0.2) is 0 Å². The Morgan fingerprint density at radius 1 is 1.06 bits per heavy atom. The van der Waals surface area contributed by atoms with Crippen LogP contribution in [0.15, 0.2) is 0 Å². The molecule has 3 aliphatic rings. The molecular formula is C16H29NO. The molecule has 2 saturated carbocycles. The largest absolute Gasteiger partial charge is 0.370 e. The fourth-order valence-corrected chi connectivity index (χ4v) is 4.34. The maximum Gasteiger partial charge on any atom is 0.0708 e. The second-order valence-electron chi connectivity index (χ2n) is 7.05. The van der Waals surface area contributed by atoms with E-state index in [2.05, 4.69) is 12.2 Å². The SMILES string of the molecule is CC1CCCC(NCC2CCC3(CCCC3)O2)C1. The molecule has 0 amide bonds. The minimum absolute atomic E-state index is 0.312. The molecule has 2 nitrogen and oxygen atoms in total. The van der Waals surface area contributed by atoms with Crippen molar-refractivity contribution in [3.05, 3.63) is 0 Å². The summed E-state index contributed by atoms with van der Waals surface area (Å²) in [7, 11) is 0. The summed E-state index contributed by atoms with van der Waals surface area (Å²) in [5.41, 5.74) is 0.312. The summed E-state index contributed by atoms with van der Waals surface area (Å²) in [6.45, 7) is 3.49. The number of ether oxygens (including phenoxy) is 1. The van der Waals surface area contributed by atoms with Crippen LogP contribution in [0.3, 0.4) is 0 Å². The van der Waals surface area contributed by atoms with Gasteiger partial charge in [0.05, 0.1) is 11.7 Å². The number of hydrogen-bond donors (Lipinski definition) is 1. The van der Waals surface area contributed by atoms with Gasteiger partial charge in [-0.1, -0.05) is 32.6 Å². The summed E-state index contributed by atoms with van der Waals surface area (Å²) in [4.78, 5) is 0. The number of nitrogens with one attached hydrogen (secondary N) is 1. The Morgan fingerprint density at radius 2 is 1.89 bits per heavy atom. The summed E-state index contributed by atoms with van der Waals surface area (Å²) < 4.78 is 6.37. The first-order valence-corrected chi connectivity index (χ1v) is 8.17. The molecule has 0 bridgehead atoms. The van der Waals surface area contributed by atoms with Crippen LogP contribution in [0, 0.1) is 5.92 Å². The molecule has 0 aromatic rings. The molecule has 1 N–H and O–H groups in total. The fourth-order valence-electron chi connectivity index (χ4n) is 4.34. The van der Waals surface area contributed by atoms with Gasteiger partial charge in [-0.3, -0.25) is 0 Å². The highest BCUT2D eigenvalue weighted by Crippen LogP contribution is 2.43. The average molecular weight is 251 g/mol. The predicted octanol–water partition coefficient (Wildman–Crippen LogP) is 3.65.